The first kappa shape index (κ1) is 14.7. The minimum atomic E-state index is -0.368. The summed E-state index contributed by atoms with van der Waals surface area (Å²) in [7, 11) is 0. The number of halogens is 1. The summed E-state index contributed by atoms with van der Waals surface area (Å²) in [5, 5.41) is 14.9. The zero-order valence-corrected chi connectivity index (χ0v) is 12.8. The number of aromatic nitrogens is 2. The standard InChI is InChI=1S/C19H15FN2O2/c20-14-9-15(18-7-4-8-24-18)19-16(12-23)21-22(17(19)10-14)11-13-5-2-1-3-6-13/h1-10,23H,11-12H2. The van der Waals surface area contributed by atoms with Crippen molar-refractivity contribution >= 4 is 10.9 Å². The molecule has 0 atom stereocenters. The molecule has 0 saturated carbocycles. The third-order valence-corrected chi connectivity index (χ3v) is 4.00. The van der Waals surface area contributed by atoms with Crippen molar-refractivity contribution in [1.29, 1.82) is 0 Å². The van der Waals surface area contributed by atoms with E-state index < -0.39 is 0 Å². The maximum absolute atomic E-state index is 14.2. The van der Waals surface area contributed by atoms with Gasteiger partial charge >= 0.3 is 0 Å². The average molecular weight is 322 g/mol. The lowest BCUT2D eigenvalue weighted by Crippen LogP contribution is -2.02. The fraction of sp³-hybridized carbons (Fsp3) is 0.105. The van der Waals surface area contributed by atoms with Gasteiger partial charge in [0.25, 0.3) is 0 Å². The fourth-order valence-electron chi connectivity index (χ4n) is 2.96. The van der Waals surface area contributed by atoms with Crippen LogP contribution in [0.4, 0.5) is 4.39 Å². The molecule has 2 heterocycles. The molecule has 0 amide bonds. The van der Waals surface area contributed by atoms with Crippen molar-refractivity contribution in [3.8, 4) is 11.3 Å². The van der Waals surface area contributed by atoms with E-state index in [-0.39, 0.29) is 12.4 Å². The third kappa shape index (κ3) is 2.49. The molecule has 4 aromatic rings. The third-order valence-electron chi connectivity index (χ3n) is 4.00. The highest BCUT2D eigenvalue weighted by Crippen LogP contribution is 2.33. The van der Waals surface area contributed by atoms with Crippen molar-refractivity contribution in [1.82, 2.24) is 9.78 Å². The number of rotatable bonds is 4. The Hall–Kier alpha value is -2.92. The number of aliphatic hydroxyl groups excluding tert-OH is 1. The number of fused-ring (bicyclic) bond motifs is 1. The maximum Gasteiger partial charge on any atom is 0.134 e. The van der Waals surface area contributed by atoms with Gasteiger partial charge in [0.05, 0.1) is 30.6 Å². The predicted molar refractivity (Wildman–Crippen MR) is 88.9 cm³/mol. The second kappa shape index (κ2) is 5.94. The Kier molecular flexibility index (Phi) is 3.63. The maximum atomic E-state index is 14.2. The quantitative estimate of drug-likeness (QED) is 0.618. The topological polar surface area (TPSA) is 51.2 Å². The van der Waals surface area contributed by atoms with Crippen molar-refractivity contribution in [2.24, 2.45) is 0 Å². The van der Waals surface area contributed by atoms with Crippen LogP contribution in [0.3, 0.4) is 0 Å². The van der Waals surface area contributed by atoms with Crippen molar-refractivity contribution < 1.29 is 13.9 Å². The van der Waals surface area contributed by atoms with Crippen molar-refractivity contribution in [2.75, 3.05) is 0 Å². The molecule has 0 aliphatic rings. The summed E-state index contributed by atoms with van der Waals surface area (Å²) in [6, 6.07) is 16.2. The Morgan fingerprint density at radius 2 is 1.92 bits per heavy atom. The van der Waals surface area contributed by atoms with E-state index in [9.17, 15) is 9.50 Å². The van der Waals surface area contributed by atoms with Crippen LogP contribution in [0.2, 0.25) is 0 Å². The smallest absolute Gasteiger partial charge is 0.134 e. The van der Waals surface area contributed by atoms with Gasteiger partial charge in [0.15, 0.2) is 0 Å². The van der Waals surface area contributed by atoms with E-state index in [1.54, 1.807) is 23.1 Å². The predicted octanol–water partition coefficient (Wildman–Crippen LogP) is 3.98. The van der Waals surface area contributed by atoms with Gasteiger partial charge < -0.3 is 9.52 Å². The summed E-state index contributed by atoms with van der Waals surface area (Å²) in [5.74, 6) is 0.182. The van der Waals surface area contributed by atoms with Gasteiger partial charge in [0, 0.05) is 10.9 Å². The summed E-state index contributed by atoms with van der Waals surface area (Å²) in [6.45, 7) is 0.274. The zero-order chi connectivity index (χ0) is 16.5. The van der Waals surface area contributed by atoms with Crippen LogP contribution >= 0.6 is 0 Å². The first-order chi connectivity index (χ1) is 11.8. The first-order valence-corrected chi connectivity index (χ1v) is 7.64. The molecule has 0 aliphatic carbocycles. The van der Waals surface area contributed by atoms with Gasteiger partial charge in [-0.15, -0.1) is 0 Å². The molecule has 1 N–H and O–H groups in total. The second-order valence-electron chi connectivity index (χ2n) is 5.57. The molecule has 0 spiro atoms. The lowest BCUT2D eigenvalue weighted by atomic mass is 10.1. The Labute approximate surface area is 137 Å². The van der Waals surface area contributed by atoms with E-state index in [0.29, 0.717) is 34.5 Å². The molecule has 0 bridgehead atoms. The van der Waals surface area contributed by atoms with E-state index in [0.717, 1.165) is 5.56 Å². The van der Waals surface area contributed by atoms with E-state index in [4.69, 9.17) is 4.42 Å². The molecule has 24 heavy (non-hydrogen) atoms. The fourth-order valence-corrected chi connectivity index (χ4v) is 2.96. The molecule has 2 aromatic carbocycles. The van der Waals surface area contributed by atoms with Crippen LogP contribution in [0, 0.1) is 5.82 Å². The number of furan rings is 1. The van der Waals surface area contributed by atoms with Gasteiger partial charge in [0.1, 0.15) is 11.6 Å². The summed E-state index contributed by atoms with van der Waals surface area (Å²) >= 11 is 0. The second-order valence-corrected chi connectivity index (χ2v) is 5.57. The number of hydrogen-bond acceptors (Lipinski definition) is 3. The van der Waals surface area contributed by atoms with Crippen molar-refractivity contribution in [2.45, 2.75) is 13.2 Å². The molecule has 0 unspecified atom stereocenters. The minimum absolute atomic E-state index is 0.225. The molecule has 0 saturated heterocycles. The lowest BCUT2D eigenvalue weighted by Gasteiger charge is -2.05. The highest BCUT2D eigenvalue weighted by atomic mass is 19.1. The lowest BCUT2D eigenvalue weighted by molar-refractivity contribution is 0.277. The number of benzene rings is 2. The average Bonchev–Trinajstić information content (AvgIpc) is 3.24. The Balaban J connectivity index is 1.93. The van der Waals surface area contributed by atoms with Crippen LogP contribution in [0.25, 0.3) is 22.2 Å². The molecule has 2 aromatic heterocycles. The molecule has 0 fully saturated rings. The molecule has 120 valence electrons. The molecule has 5 heteroatoms. The molecular formula is C19H15FN2O2. The van der Waals surface area contributed by atoms with Crippen LogP contribution in [-0.2, 0) is 13.2 Å². The highest BCUT2D eigenvalue weighted by molar-refractivity contribution is 5.95. The van der Waals surface area contributed by atoms with E-state index in [2.05, 4.69) is 5.10 Å². The van der Waals surface area contributed by atoms with Crippen LogP contribution in [-0.4, -0.2) is 14.9 Å². The molecule has 4 nitrogen and oxygen atoms in total. The van der Waals surface area contributed by atoms with Crippen LogP contribution in [0.15, 0.2) is 65.3 Å². The normalized spacial score (nSPS) is 11.2. The summed E-state index contributed by atoms with van der Waals surface area (Å²) in [5.41, 5.74) is 2.79. The van der Waals surface area contributed by atoms with Gasteiger partial charge in [-0.05, 0) is 29.8 Å². The number of aliphatic hydroxyl groups is 1. The van der Waals surface area contributed by atoms with Gasteiger partial charge in [0.2, 0.25) is 0 Å². The van der Waals surface area contributed by atoms with Gasteiger partial charge in [-0.1, -0.05) is 30.3 Å². The van der Waals surface area contributed by atoms with Crippen molar-refractivity contribution in [3.05, 3.63) is 77.9 Å². The first-order valence-electron chi connectivity index (χ1n) is 7.64. The molecular weight excluding hydrogens is 307 g/mol. The van der Waals surface area contributed by atoms with Crippen LogP contribution in [0.5, 0.6) is 0 Å². The van der Waals surface area contributed by atoms with E-state index in [1.807, 2.05) is 30.3 Å². The van der Waals surface area contributed by atoms with Crippen molar-refractivity contribution in [3.63, 3.8) is 0 Å². The number of hydrogen-bond donors (Lipinski definition) is 1. The van der Waals surface area contributed by atoms with Crippen LogP contribution < -0.4 is 0 Å². The van der Waals surface area contributed by atoms with Gasteiger partial charge in [-0.25, -0.2) is 4.39 Å². The van der Waals surface area contributed by atoms with Gasteiger partial charge in [-0.2, -0.15) is 5.10 Å². The van der Waals surface area contributed by atoms with E-state index >= 15 is 0 Å². The summed E-state index contributed by atoms with van der Waals surface area (Å²) in [4.78, 5) is 0. The molecule has 0 radical (unpaired) electrons. The Morgan fingerprint density at radius 1 is 1.08 bits per heavy atom. The number of nitrogens with zero attached hydrogens (tertiary/aromatic N) is 2. The Bertz CT molecular complexity index is 976. The van der Waals surface area contributed by atoms with E-state index in [1.165, 1.54) is 12.1 Å². The zero-order valence-electron chi connectivity index (χ0n) is 12.8. The summed E-state index contributed by atoms with van der Waals surface area (Å²) < 4.78 is 21.3. The Morgan fingerprint density at radius 3 is 2.62 bits per heavy atom. The van der Waals surface area contributed by atoms with Gasteiger partial charge in [-0.3, -0.25) is 4.68 Å². The highest BCUT2D eigenvalue weighted by Gasteiger charge is 2.18. The molecule has 0 aliphatic heterocycles. The monoisotopic (exact) mass is 322 g/mol. The SMILES string of the molecule is OCc1nn(Cc2ccccc2)c2cc(F)cc(-c3ccco3)c12. The van der Waals surface area contributed by atoms with Crippen LogP contribution in [0.1, 0.15) is 11.3 Å². The largest absolute Gasteiger partial charge is 0.464 e. The minimum Gasteiger partial charge on any atom is -0.464 e. The molecule has 4 rings (SSSR count). The summed E-state index contributed by atoms with van der Waals surface area (Å²) in [6.07, 6.45) is 1.54.